The largest absolute Gasteiger partial charge is 0.351 e. The van der Waals surface area contributed by atoms with Gasteiger partial charge in [0.05, 0.1) is 6.07 Å². The van der Waals surface area contributed by atoms with Crippen molar-refractivity contribution in [2.24, 2.45) is 0 Å². The minimum absolute atomic E-state index is 0.266. The van der Waals surface area contributed by atoms with Crippen LogP contribution in [-0.4, -0.2) is 5.91 Å². The van der Waals surface area contributed by atoms with Gasteiger partial charge < -0.3 is 5.32 Å². The normalized spacial score (nSPS) is 11.3. The summed E-state index contributed by atoms with van der Waals surface area (Å²) in [6, 6.07) is 20.8. The highest BCUT2D eigenvalue weighted by atomic mass is 16.1. The Morgan fingerprint density at radius 1 is 1.05 bits per heavy atom. The summed E-state index contributed by atoms with van der Waals surface area (Å²) >= 11 is 0. The van der Waals surface area contributed by atoms with Gasteiger partial charge in [0.25, 0.3) is 0 Å². The first kappa shape index (κ1) is 12.8. The quantitative estimate of drug-likeness (QED) is 0.906. The van der Waals surface area contributed by atoms with E-state index in [0.717, 1.165) is 11.1 Å². The van der Waals surface area contributed by atoms with Crippen LogP contribution in [0.3, 0.4) is 0 Å². The Morgan fingerprint density at radius 2 is 1.63 bits per heavy atom. The van der Waals surface area contributed by atoms with Crippen LogP contribution < -0.4 is 5.32 Å². The molecular weight excluding hydrogens is 236 g/mol. The van der Waals surface area contributed by atoms with Gasteiger partial charge in [0, 0.05) is 6.54 Å². The Bertz CT molecular complexity index is 573. The second-order valence-electron chi connectivity index (χ2n) is 4.18. The first-order chi connectivity index (χ1) is 9.31. The maximum Gasteiger partial charge on any atom is 0.242 e. The van der Waals surface area contributed by atoms with Crippen molar-refractivity contribution in [2.75, 3.05) is 0 Å². The molecule has 2 rings (SSSR count). The fraction of sp³-hybridized carbons (Fsp3) is 0.125. The van der Waals surface area contributed by atoms with Crippen molar-refractivity contribution >= 4 is 5.91 Å². The second kappa shape index (κ2) is 6.36. The Kier molecular flexibility index (Phi) is 4.30. The zero-order chi connectivity index (χ0) is 13.5. The molecule has 0 spiro atoms. The van der Waals surface area contributed by atoms with Gasteiger partial charge in [0.2, 0.25) is 5.91 Å². The zero-order valence-electron chi connectivity index (χ0n) is 10.4. The number of amides is 1. The van der Waals surface area contributed by atoms with Gasteiger partial charge in [-0.1, -0.05) is 60.7 Å². The fourth-order valence-electron chi connectivity index (χ4n) is 1.82. The molecular formula is C16H14N2O. The number of hydrogen-bond acceptors (Lipinski definition) is 2. The summed E-state index contributed by atoms with van der Waals surface area (Å²) in [7, 11) is 0. The lowest BCUT2D eigenvalue weighted by Crippen LogP contribution is -2.28. The van der Waals surface area contributed by atoms with Crippen molar-refractivity contribution in [3.63, 3.8) is 0 Å². The van der Waals surface area contributed by atoms with Crippen molar-refractivity contribution in [1.82, 2.24) is 5.32 Å². The highest BCUT2D eigenvalue weighted by Gasteiger charge is 2.19. The maximum absolute atomic E-state index is 12.0. The van der Waals surface area contributed by atoms with E-state index in [1.807, 2.05) is 54.6 Å². The lowest BCUT2D eigenvalue weighted by Gasteiger charge is -2.10. The molecule has 3 nitrogen and oxygen atoms in total. The van der Waals surface area contributed by atoms with Gasteiger partial charge in [-0.25, -0.2) is 0 Å². The molecule has 0 aromatic heterocycles. The van der Waals surface area contributed by atoms with Crippen LogP contribution in [0.1, 0.15) is 17.0 Å². The van der Waals surface area contributed by atoms with Crippen LogP contribution in [0, 0.1) is 11.3 Å². The van der Waals surface area contributed by atoms with E-state index < -0.39 is 5.92 Å². The Labute approximate surface area is 112 Å². The van der Waals surface area contributed by atoms with Crippen LogP contribution >= 0.6 is 0 Å². The minimum atomic E-state index is -0.759. The Hall–Kier alpha value is -2.60. The van der Waals surface area contributed by atoms with E-state index in [-0.39, 0.29) is 5.91 Å². The fourth-order valence-corrected chi connectivity index (χ4v) is 1.82. The molecule has 3 heteroatoms. The molecule has 0 aliphatic carbocycles. The number of carbonyl (C=O) groups is 1. The molecule has 0 aliphatic rings. The van der Waals surface area contributed by atoms with E-state index in [2.05, 4.69) is 5.32 Å². The molecule has 0 unspecified atom stereocenters. The molecule has 2 aromatic rings. The van der Waals surface area contributed by atoms with Crippen LogP contribution in [0.15, 0.2) is 60.7 Å². The van der Waals surface area contributed by atoms with Gasteiger partial charge in [-0.2, -0.15) is 5.26 Å². The summed E-state index contributed by atoms with van der Waals surface area (Å²) in [5.74, 6) is -1.03. The third-order valence-electron chi connectivity index (χ3n) is 2.83. The Morgan fingerprint density at radius 3 is 2.21 bits per heavy atom. The molecule has 0 heterocycles. The van der Waals surface area contributed by atoms with Crippen molar-refractivity contribution in [3.8, 4) is 6.07 Å². The zero-order valence-corrected chi connectivity index (χ0v) is 10.4. The predicted molar refractivity (Wildman–Crippen MR) is 73.1 cm³/mol. The van der Waals surface area contributed by atoms with Crippen LogP contribution in [0.25, 0.3) is 0 Å². The van der Waals surface area contributed by atoms with Crippen molar-refractivity contribution in [1.29, 1.82) is 5.26 Å². The van der Waals surface area contributed by atoms with Crippen LogP contribution in [0.5, 0.6) is 0 Å². The average molecular weight is 250 g/mol. The number of nitrogens with zero attached hydrogens (tertiary/aromatic N) is 1. The molecule has 0 radical (unpaired) electrons. The molecule has 19 heavy (non-hydrogen) atoms. The highest BCUT2D eigenvalue weighted by molar-refractivity contribution is 5.86. The lowest BCUT2D eigenvalue weighted by atomic mass is 10.00. The topological polar surface area (TPSA) is 52.9 Å². The van der Waals surface area contributed by atoms with Crippen LogP contribution in [0.2, 0.25) is 0 Å². The van der Waals surface area contributed by atoms with Crippen molar-refractivity contribution < 1.29 is 4.79 Å². The monoisotopic (exact) mass is 250 g/mol. The van der Waals surface area contributed by atoms with Gasteiger partial charge >= 0.3 is 0 Å². The summed E-state index contributed by atoms with van der Waals surface area (Å²) in [4.78, 5) is 12.0. The van der Waals surface area contributed by atoms with E-state index in [1.165, 1.54) is 0 Å². The number of rotatable bonds is 4. The number of carbonyl (C=O) groups excluding carboxylic acids is 1. The molecule has 2 aromatic carbocycles. The molecule has 0 aliphatic heterocycles. The summed E-state index contributed by atoms with van der Waals surface area (Å²) in [6.45, 7) is 0.435. The SMILES string of the molecule is N#C[C@@H](C(=O)NCc1ccccc1)c1ccccc1. The van der Waals surface area contributed by atoms with Gasteiger partial charge in [-0.3, -0.25) is 4.79 Å². The van der Waals surface area contributed by atoms with E-state index >= 15 is 0 Å². The molecule has 1 atom stereocenters. The molecule has 0 fully saturated rings. The Balaban J connectivity index is 2.01. The van der Waals surface area contributed by atoms with Gasteiger partial charge in [0.1, 0.15) is 5.92 Å². The lowest BCUT2D eigenvalue weighted by molar-refractivity contribution is -0.121. The van der Waals surface area contributed by atoms with E-state index in [1.54, 1.807) is 12.1 Å². The molecule has 1 N–H and O–H groups in total. The minimum Gasteiger partial charge on any atom is -0.351 e. The first-order valence-electron chi connectivity index (χ1n) is 6.07. The maximum atomic E-state index is 12.0. The summed E-state index contributed by atoms with van der Waals surface area (Å²) in [5.41, 5.74) is 1.73. The van der Waals surface area contributed by atoms with E-state index in [0.29, 0.717) is 6.54 Å². The molecule has 1 amide bonds. The predicted octanol–water partition coefficient (Wildman–Crippen LogP) is 2.61. The first-order valence-corrected chi connectivity index (χ1v) is 6.07. The molecule has 0 bridgehead atoms. The number of hydrogen-bond donors (Lipinski definition) is 1. The van der Waals surface area contributed by atoms with Crippen molar-refractivity contribution in [3.05, 3.63) is 71.8 Å². The summed E-state index contributed by atoms with van der Waals surface area (Å²) < 4.78 is 0. The third kappa shape index (κ3) is 3.43. The highest BCUT2D eigenvalue weighted by Crippen LogP contribution is 2.14. The van der Waals surface area contributed by atoms with Crippen molar-refractivity contribution in [2.45, 2.75) is 12.5 Å². The van der Waals surface area contributed by atoms with Gasteiger partial charge in [-0.05, 0) is 11.1 Å². The summed E-state index contributed by atoms with van der Waals surface area (Å²) in [5, 5.41) is 11.9. The smallest absolute Gasteiger partial charge is 0.242 e. The van der Waals surface area contributed by atoms with E-state index in [4.69, 9.17) is 5.26 Å². The summed E-state index contributed by atoms with van der Waals surface area (Å²) in [6.07, 6.45) is 0. The molecule has 0 saturated heterocycles. The molecule has 94 valence electrons. The number of nitriles is 1. The van der Waals surface area contributed by atoms with Crippen LogP contribution in [0.4, 0.5) is 0 Å². The average Bonchev–Trinajstić information content (AvgIpc) is 2.48. The van der Waals surface area contributed by atoms with Gasteiger partial charge in [-0.15, -0.1) is 0 Å². The van der Waals surface area contributed by atoms with Crippen LogP contribution in [-0.2, 0) is 11.3 Å². The number of nitrogens with one attached hydrogen (secondary N) is 1. The van der Waals surface area contributed by atoms with Gasteiger partial charge in [0.15, 0.2) is 0 Å². The van der Waals surface area contributed by atoms with E-state index in [9.17, 15) is 4.79 Å². The standard InChI is InChI=1S/C16H14N2O/c17-11-15(14-9-5-2-6-10-14)16(19)18-12-13-7-3-1-4-8-13/h1-10,15H,12H2,(H,18,19)/t15-/m1/s1. The second-order valence-corrected chi connectivity index (χ2v) is 4.18. The molecule has 0 saturated carbocycles. The third-order valence-corrected chi connectivity index (χ3v) is 2.83. The number of benzene rings is 2.